The normalized spacial score (nSPS) is 21.1. The largest absolute Gasteiger partial charge is 0.435 e. The lowest BCUT2D eigenvalue weighted by molar-refractivity contribution is -0.276. The molecule has 15 heteroatoms. The highest BCUT2D eigenvalue weighted by atomic mass is 35.5. The van der Waals surface area contributed by atoms with Crippen molar-refractivity contribution < 1.29 is 48.3 Å². The van der Waals surface area contributed by atoms with Gasteiger partial charge in [-0.1, -0.05) is 32.8 Å². The summed E-state index contributed by atoms with van der Waals surface area (Å²) >= 11 is 5.71. The average Bonchev–Trinajstić information content (AvgIpc) is 3.21. The first kappa shape index (κ1) is 28.3. The summed E-state index contributed by atoms with van der Waals surface area (Å²) in [4.78, 5) is 17.4. The van der Waals surface area contributed by atoms with Gasteiger partial charge in [-0.25, -0.2) is 0 Å². The van der Waals surface area contributed by atoms with Gasteiger partial charge in [0.25, 0.3) is 5.60 Å². The smallest absolute Gasteiger partial charge is 0.374 e. The van der Waals surface area contributed by atoms with Crippen molar-refractivity contribution in [1.82, 2.24) is 4.31 Å². The van der Waals surface area contributed by atoms with Crippen LogP contribution in [0.5, 0.6) is 0 Å². The monoisotopic (exact) mass is 586 g/mol. The number of carbonyl (C=O) groups excluding carboxylic acids is 1. The summed E-state index contributed by atoms with van der Waals surface area (Å²) < 4.78 is 118. The van der Waals surface area contributed by atoms with Gasteiger partial charge in [-0.05, 0) is 48.2 Å². The van der Waals surface area contributed by atoms with E-state index in [1.807, 2.05) is 0 Å². The number of rotatable bonds is 6. The minimum absolute atomic E-state index is 0.0657. The minimum Gasteiger partial charge on any atom is -0.374 e. The molecule has 206 valence electrons. The van der Waals surface area contributed by atoms with Gasteiger partial charge >= 0.3 is 22.8 Å². The Balaban J connectivity index is 1.56. The SMILES string of the molecule is Cc1cc(C2=NO[C@@](c3cc(Cl)cc(C(F)(F)F)c3)(C(F)(F)F)C2)ccc1C(=O)CC1CN(S(=O)(=O)F)C1. The van der Waals surface area contributed by atoms with E-state index in [4.69, 9.17) is 16.4 Å². The first-order valence-corrected chi connectivity index (χ1v) is 12.7. The lowest BCUT2D eigenvalue weighted by Crippen LogP contribution is -2.49. The molecule has 1 atom stereocenters. The van der Waals surface area contributed by atoms with Crippen LogP contribution in [0.15, 0.2) is 41.6 Å². The molecule has 0 radical (unpaired) electrons. The fourth-order valence-electron chi connectivity index (χ4n) is 4.40. The second-order valence-electron chi connectivity index (χ2n) is 9.14. The predicted molar refractivity (Wildman–Crippen MR) is 122 cm³/mol. The Hall–Kier alpha value is -2.71. The Labute approximate surface area is 217 Å². The number of Topliss-reactive ketones (excluding diaryl/α,β-unsaturated/α-hetero) is 1. The number of hydrogen-bond donors (Lipinski definition) is 0. The maximum absolute atomic E-state index is 14.2. The third kappa shape index (κ3) is 5.38. The Bertz CT molecular complexity index is 1420. The number of halogens is 8. The fraction of sp³-hybridized carbons (Fsp3) is 0.391. The van der Waals surface area contributed by atoms with Crippen molar-refractivity contribution in [2.45, 2.75) is 37.7 Å². The van der Waals surface area contributed by atoms with Crippen LogP contribution in [0.4, 0.5) is 30.2 Å². The average molecular weight is 587 g/mol. The quantitative estimate of drug-likeness (QED) is 0.238. The van der Waals surface area contributed by atoms with Crippen molar-refractivity contribution in [2.24, 2.45) is 11.1 Å². The molecule has 0 N–H and O–H groups in total. The second-order valence-corrected chi connectivity index (χ2v) is 10.9. The zero-order chi connectivity index (χ0) is 28.3. The molecule has 1 fully saturated rings. The molecule has 0 amide bonds. The summed E-state index contributed by atoms with van der Waals surface area (Å²) in [6.45, 7) is 1.24. The Morgan fingerprint density at radius 1 is 1.13 bits per heavy atom. The van der Waals surface area contributed by atoms with E-state index in [9.17, 15) is 43.4 Å². The Morgan fingerprint density at radius 3 is 2.34 bits per heavy atom. The van der Waals surface area contributed by atoms with Crippen LogP contribution in [0.1, 0.15) is 45.5 Å². The van der Waals surface area contributed by atoms with Crippen LogP contribution in [0.25, 0.3) is 0 Å². The van der Waals surface area contributed by atoms with Gasteiger partial charge in [0.1, 0.15) is 0 Å². The molecule has 4 rings (SSSR count). The van der Waals surface area contributed by atoms with Gasteiger partial charge in [-0.2, -0.15) is 39.1 Å². The van der Waals surface area contributed by atoms with Gasteiger partial charge in [0.2, 0.25) is 0 Å². The summed E-state index contributed by atoms with van der Waals surface area (Å²) in [5.41, 5.74) is -4.92. The molecular weight excluding hydrogens is 569 g/mol. The standard InChI is InChI=1S/C23H18ClF7N2O4S/c1-12-4-14(2-3-18(12)20(34)5-13-10-33(11-13)38(31,35)36)19-9-21(37-32-19,23(28,29)30)15-6-16(22(25,26)27)8-17(24)7-15/h2-4,6-8,13H,5,9-11H2,1H3/t21-/m0/s1. The van der Waals surface area contributed by atoms with Gasteiger partial charge in [0.15, 0.2) is 5.78 Å². The lowest BCUT2D eigenvalue weighted by atomic mass is 9.85. The summed E-state index contributed by atoms with van der Waals surface area (Å²) in [5, 5.41) is 2.97. The molecule has 2 aliphatic heterocycles. The zero-order valence-electron chi connectivity index (χ0n) is 19.3. The number of carbonyl (C=O) groups is 1. The zero-order valence-corrected chi connectivity index (χ0v) is 20.9. The third-order valence-electron chi connectivity index (χ3n) is 6.44. The third-order valence-corrected chi connectivity index (χ3v) is 7.58. The molecule has 0 bridgehead atoms. The fourth-order valence-corrected chi connectivity index (χ4v) is 5.42. The predicted octanol–water partition coefficient (Wildman–Crippen LogP) is 5.97. The molecule has 2 aliphatic rings. The summed E-state index contributed by atoms with van der Waals surface area (Å²) in [6.07, 6.45) is -11.1. The highest BCUT2D eigenvalue weighted by molar-refractivity contribution is 7.84. The minimum atomic E-state index is -5.17. The van der Waals surface area contributed by atoms with Crippen LogP contribution in [0, 0.1) is 12.8 Å². The highest BCUT2D eigenvalue weighted by Crippen LogP contribution is 2.50. The van der Waals surface area contributed by atoms with E-state index < -0.39 is 50.9 Å². The van der Waals surface area contributed by atoms with E-state index in [0.29, 0.717) is 22.0 Å². The van der Waals surface area contributed by atoms with Gasteiger partial charge in [-0.15, -0.1) is 0 Å². The van der Waals surface area contributed by atoms with Gasteiger partial charge < -0.3 is 4.84 Å². The van der Waals surface area contributed by atoms with Crippen LogP contribution in [0.3, 0.4) is 0 Å². The number of aryl methyl sites for hydroxylation is 1. The number of oxime groups is 1. The summed E-state index contributed by atoms with van der Waals surface area (Å²) in [5.74, 6) is -0.755. The number of ketones is 1. The van der Waals surface area contributed by atoms with Crippen molar-refractivity contribution in [3.05, 3.63) is 69.2 Å². The van der Waals surface area contributed by atoms with Crippen LogP contribution in [0.2, 0.25) is 5.02 Å². The molecule has 0 aromatic heterocycles. The van der Waals surface area contributed by atoms with Crippen molar-refractivity contribution in [3.63, 3.8) is 0 Å². The molecule has 2 heterocycles. The molecule has 2 aromatic rings. The number of hydrogen-bond acceptors (Lipinski definition) is 5. The van der Waals surface area contributed by atoms with E-state index in [2.05, 4.69) is 5.16 Å². The van der Waals surface area contributed by atoms with E-state index in [1.54, 1.807) is 0 Å². The van der Waals surface area contributed by atoms with E-state index in [0.717, 1.165) is 6.07 Å². The van der Waals surface area contributed by atoms with Crippen molar-refractivity contribution in [2.75, 3.05) is 13.1 Å². The van der Waals surface area contributed by atoms with E-state index in [-0.39, 0.29) is 48.1 Å². The van der Waals surface area contributed by atoms with Crippen LogP contribution < -0.4 is 0 Å². The maximum atomic E-state index is 14.2. The van der Waals surface area contributed by atoms with Gasteiger partial charge in [0.05, 0.1) is 11.3 Å². The topological polar surface area (TPSA) is 76.0 Å². The Morgan fingerprint density at radius 2 is 1.79 bits per heavy atom. The van der Waals surface area contributed by atoms with Crippen LogP contribution in [-0.4, -0.2) is 43.5 Å². The molecule has 2 aromatic carbocycles. The summed E-state index contributed by atoms with van der Waals surface area (Å²) in [6, 6.07) is 5.63. The molecule has 0 aliphatic carbocycles. The first-order chi connectivity index (χ1) is 17.4. The molecule has 6 nitrogen and oxygen atoms in total. The molecule has 1 saturated heterocycles. The lowest BCUT2D eigenvalue weighted by Gasteiger charge is -2.34. The van der Waals surface area contributed by atoms with Crippen molar-refractivity contribution in [3.8, 4) is 0 Å². The Kier molecular flexibility index (Phi) is 7.07. The molecular formula is C23H18ClF7N2O4S. The second kappa shape index (κ2) is 9.49. The van der Waals surface area contributed by atoms with E-state index >= 15 is 0 Å². The van der Waals surface area contributed by atoms with Crippen molar-refractivity contribution in [1.29, 1.82) is 0 Å². The maximum Gasteiger partial charge on any atom is 0.435 e. The van der Waals surface area contributed by atoms with Crippen molar-refractivity contribution >= 4 is 33.5 Å². The van der Waals surface area contributed by atoms with Crippen LogP contribution in [-0.2, 0) is 27.0 Å². The molecule has 0 spiro atoms. The molecule has 0 unspecified atom stereocenters. The first-order valence-electron chi connectivity index (χ1n) is 10.9. The number of alkyl halides is 6. The molecule has 38 heavy (non-hydrogen) atoms. The van der Waals surface area contributed by atoms with Gasteiger partial charge in [-0.3, -0.25) is 4.79 Å². The van der Waals surface area contributed by atoms with E-state index in [1.165, 1.54) is 25.1 Å². The molecule has 0 saturated carbocycles. The number of benzene rings is 2. The number of nitrogens with zero attached hydrogens (tertiary/aromatic N) is 2. The summed E-state index contributed by atoms with van der Waals surface area (Å²) in [7, 11) is -4.82. The van der Waals surface area contributed by atoms with Gasteiger partial charge in [0, 0.05) is 42.1 Å². The highest BCUT2D eigenvalue weighted by Gasteiger charge is 2.62. The van der Waals surface area contributed by atoms with Crippen LogP contribution >= 0.6 is 11.6 Å².